The van der Waals surface area contributed by atoms with Crippen LogP contribution >= 0.6 is 0 Å². The van der Waals surface area contributed by atoms with Crippen LogP contribution < -0.4 is 5.32 Å². The lowest BCUT2D eigenvalue weighted by Crippen LogP contribution is -2.27. The molecule has 94 valence electrons. The average molecular weight is 251 g/mol. The molecule has 1 amide bonds. The number of carbonyl (C=O) groups is 1. The van der Waals surface area contributed by atoms with E-state index in [4.69, 9.17) is 0 Å². The van der Waals surface area contributed by atoms with Crippen LogP contribution in [0, 0.1) is 0 Å². The minimum Gasteiger partial charge on any atom is -0.507 e. The Balaban J connectivity index is 2.39. The highest BCUT2D eigenvalue weighted by atomic mass is 28.3. The van der Waals surface area contributed by atoms with Crippen molar-refractivity contribution in [3.63, 3.8) is 0 Å². The molecule has 0 spiro atoms. The zero-order chi connectivity index (χ0) is 12.9. The fourth-order valence-electron chi connectivity index (χ4n) is 1.58. The maximum Gasteiger partial charge on any atom is 0.255 e. The van der Waals surface area contributed by atoms with Gasteiger partial charge in [-0.3, -0.25) is 4.79 Å². The molecular weight excluding hydrogens is 230 g/mol. The van der Waals surface area contributed by atoms with Crippen LogP contribution in [0.5, 0.6) is 5.75 Å². The SMILES string of the molecule is C[Si](C)(C)CCCNC(=O)c1ccccc1O. The Hall–Kier alpha value is -1.29. The third-order valence-corrected chi connectivity index (χ3v) is 4.39. The number of aromatic hydroxyl groups is 1. The zero-order valence-electron chi connectivity index (χ0n) is 10.8. The maximum absolute atomic E-state index is 11.7. The van der Waals surface area contributed by atoms with Gasteiger partial charge in [-0.15, -0.1) is 0 Å². The number of hydrogen-bond donors (Lipinski definition) is 2. The van der Waals surface area contributed by atoms with E-state index in [1.165, 1.54) is 12.1 Å². The number of amides is 1. The highest BCUT2D eigenvalue weighted by Crippen LogP contribution is 2.15. The molecule has 0 radical (unpaired) electrons. The van der Waals surface area contributed by atoms with Crippen LogP contribution in [0.4, 0.5) is 0 Å². The fraction of sp³-hybridized carbons (Fsp3) is 0.462. The van der Waals surface area contributed by atoms with Gasteiger partial charge in [0.15, 0.2) is 0 Å². The summed E-state index contributed by atoms with van der Waals surface area (Å²) < 4.78 is 0. The Morgan fingerprint density at radius 1 is 1.29 bits per heavy atom. The first-order valence-corrected chi connectivity index (χ1v) is 9.67. The molecule has 0 fully saturated rings. The normalized spacial score (nSPS) is 11.2. The van der Waals surface area contributed by atoms with Crippen LogP contribution in [0.25, 0.3) is 0 Å². The molecule has 0 saturated carbocycles. The third kappa shape index (κ3) is 5.04. The molecule has 0 unspecified atom stereocenters. The van der Waals surface area contributed by atoms with Gasteiger partial charge in [-0.1, -0.05) is 37.8 Å². The molecule has 4 heteroatoms. The summed E-state index contributed by atoms with van der Waals surface area (Å²) in [5.74, 6) is -0.158. The summed E-state index contributed by atoms with van der Waals surface area (Å²) in [6.45, 7) is 7.63. The number of carbonyl (C=O) groups excluding carboxylic acids is 1. The molecule has 0 aliphatic rings. The van der Waals surface area contributed by atoms with Gasteiger partial charge in [0.2, 0.25) is 0 Å². The van der Waals surface area contributed by atoms with Crippen LogP contribution in [0.15, 0.2) is 24.3 Å². The quantitative estimate of drug-likeness (QED) is 0.624. The molecule has 0 aromatic heterocycles. The van der Waals surface area contributed by atoms with Crippen LogP contribution in [0.2, 0.25) is 25.7 Å². The van der Waals surface area contributed by atoms with E-state index in [0.29, 0.717) is 12.1 Å². The largest absolute Gasteiger partial charge is 0.507 e. The van der Waals surface area contributed by atoms with E-state index in [2.05, 4.69) is 25.0 Å². The van der Waals surface area contributed by atoms with Crippen molar-refractivity contribution in [2.24, 2.45) is 0 Å². The summed E-state index contributed by atoms with van der Waals surface area (Å²) in [6, 6.07) is 7.81. The van der Waals surface area contributed by atoms with E-state index in [1.807, 2.05) is 0 Å². The van der Waals surface area contributed by atoms with Gasteiger partial charge in [-0.05, 0) is 18.6 Å². The van der Waals surface area contributed by atoms with E-state index >= 15 is 0 Å². The van der Waals surface area contributed by atoms with Gasteiger partial charge >= 0.3 is 0 Å². The number of nitrogens with one attached hydrogen (secondary N) is 1. The van der Waals surface area contributed by atoms with Crippen molar-refractivity contribution in [2.75, 3.05) is 6.54 Å². The van der Waals surface area contributed by atoms with Crippen molar-refractivity contribution in [1.29, 1.82) is 0 Å². The standard InChI is InChI=1S/C13H21NO2Si/c1-17(2,3)10-6-9-14-13(16)11-7-4-5-8-12(11)15/h4-5,7-8,15H,6,9-10H2,1-3H3,(H,14,16). The Morgan fingerprint density at radius 3 is 2.53 bits per heavy atom. The molecule has 1 rings (SSSR count). The monoisotopic (exact) mass is 251 g/mol. The van der Waals surface area contributed by atoms with Gasteiger partial charge in [0.1, 0.15) is 5.75 Å². The van der Waals surface area contributed by atoms with E-state index < -0.39 is 8.07 Å². The number of phenols is 1. The fourth-order valence-corrected chi connectivity index (χ4v) is 2.82. The lowest BCUT2D eigenvalue weighted by Gasteiger charge is -2.15. The number of para-hydroxylation sites is 1. The van der Waals surface area contributed by atoms with Crippen LogP contribution in [0.3, 0.4) is 0 Å². The lowest BCUT2D eigenvalue weighted by atomic mass is 10.2. The first-order valence-electron chi connectivity index (χ1n) is 5.96. The van der Waals surface area contributed by atoms with Crippen molar-refractivity contribution in [3.05, 3.63) is 29.8 Å². The summed E-state index contributed by atoms with van der Waals surface area (Å²) >= 11 is 0. The number of hydrogen-bond acceptors (Lipinski definition) is 2. The first kappa shape index (κ1) is 13.8. The van der Waals surface area contributed by atoms with E-state index in [-0.39, 0.29) is 11.7 Å². The Morgan fingerprint density at radius 2 is 1.94 bits per heavy atom. The molecule has 0 bridgehead atoms. The second-order valence-electron chi connectivity index (χ2n) is 5.44. The molecule has 1 aromatic carbocycles. The molecule has 0 atom stereocenters. The van der Waals surface area contributed by atoms with Gasteiger partial charge < -0.3 is 10.4 Å². The highest BCUT2D eigenvalue weighted by Gasteiger charge is 2.13. The number of rotatable bonds is 5. The summed E-state index contributed by atoms with van der Waals surface area (Å²) in [5.41, 5.74) is 0.348. The molecule has 1 aromatic rings. The molecule has 0 heterocycles. The van der Waals surface area contributed by atoms with Crippen LogP contribution in [0.1, 0.15) is 16.8 Å². The minimum absolute atomic E-state index is 0.0372. The lowest BCUT2D eigenvalue weighted by molar-refractivity contribution is 0.0951. The molecule has 0 aliphatic heterocycles. The molecule has 3 nitrogen and oxygen atoms in total. The first-order chi connectivity index (χ1) is 7.90. The molecule has 17 heavy (non-hydrogen) atoms. The second kappa shape index (κ2) is 5.86. The van der Waals surface area contributed by atoms with Gasteiger partial charge in [-0.2, -0.15) is 0 Å². The number of phenolic OH excluding ortho intramolecular Hbond substituents is 1. The van der Waals surface area contributed by atoms with E-state index in [1.54, 1.807) is 18.2 Å². The molecular formula is C13H21NO2Si. The van der Waals surface area contributed by atoms with Gasteiger partial charge in [0, 0.05) is 14.6 Å². The van der Waals surface area contributed by atoms with Gasteiger partial charge in [0.05, 0.1) is 5.56 Å². The van der Waals surface area contributed by atoms with Crippen molar-refractivity contribution >= 4 is 14.0 Å². The van der Waals surface area contributed by atoms with E-state index in [0.717, 1.165) is 6.42 Å². The molecule has 2 N–H and O–H groups in total. The summed E-state index contributed by atoms with van der Waals surface area (Å²) in [4.78, 5) is 11.7. The van der Waals surface area contributed by atoms with Crippen molar-refractivity contribution in [3.8, 4) is 5.75 Å². The smallest absolute Gasteiger partial charge is 0.255 e. The van der Waals surface area contributed by atoms with Crippen LogP contribution in [-0.2, 0) is 0 Å². The van der Waals surface area contributed by atoms with Crippen molar-refractivity contribution < 1.29 is 9.90 Å². The van der Waals surface area contributed by atoms with Gasteiger partial charge in [0.25, 0.3) is 5.91 Å². The Labute approximate surface area is 104 Å². The molecule has 0 aliphatic carbocycles. The summed E-state index contributed by atoms with van der Waals surface area (Å²) in [5, 5.41) is 12.3. The van der Waals surface area contributed by atoms with E-state index in [9.17, 15) is 9.90 Å². The predicted octanol–water partition coefficient (Wildman–Crippen LogP) is 2.85. The number of benzene rings is 1. The van der Waals surface area contributed by atoms with Crippen LogP contribution in [-0.4, -0.2) is 25.6 Å². The van der Waals surface area contributed by atoms with Crippen molar-refractivity contribution in [2.45, 2.75) is 32.1 Å². The van der Waals surface area contributed by atoms with Gasteiger partial charge in [-0.25, -0.2) is 0 Å². The predicted molar refractivity (Wildman–Crippen MR) is 73.2 cm³/mol. The van der Waals surface area contributed by atoms with Crippen molar-refractivity contribution in [1.82, 2.24) is 5.32 Å². The second-order valence-corrected chi connectivity index (χ2v) is 11.1. The molecule has 0 saturated heterocycles. The summed E-state index contributed by atoms with van der Waals surface area (Å²) in [7, 11) is -1.02. The minimum atomic E-state index is -1.02. The Bertz CT molecular complexity index is 385. The topological polar surface area (TPSA) is 49.3 Å². The maximum atomic E-state index is 11.7. The highest BCUT2D eigenvalue weighted by molar-refractivity contribution is 6.76. The zero-order valence-corrected chi connectivity index (χ0v) is 11.8. The average Bonchev–Trinajstić information content (AvgIpc) is 2.23. The third-order valence-electron chi connectivity index (χ3n) is 2.54. The Kier molecular flexibility index (Phi) is 4.75. The summed E-state index contributed by atoms with van der Waals surface area (Å²) in [6.07, 6.45) is 1.01.